The fraction of sp³-hybridized carbons (Fsp3) is 0. The van der Waals surface area contributed by atoms with Crippen LogP contribution in [-0.4, -0.2) is 24.1 Å². The first-order chi connectivity index (χ1) is 27.7. The predicted octanol–water partition coefficient (Wildman–Crippen LogP) is 9.40. The average molecular weight is 578 g/mol. The average Bonchev–Trinajstić information content (AvgIpc) is 3.76. The molecule has 0 saturated heterocycles. The summed E-state index contributed by atoms with van der Waals surface area (Å²) in [4.78, 5) is 13.7. The highest BCUT2D eigenvalue weighted by Gasteiger charge is 2.19. The molecule has 0 spiro atoms. The molecule has 0 atom stereocenters. The Morgan fingerprint density at radius 1 is 0.545 bits per heavy atom. The van der Waals surface area contributed by atoms with E-state index in [4.69, 9.17) is 22.8 Å². The topological polar surface area (TPSA) is 48.5 Å². The molecule has 0 N–H and O–H groups in total. The van der Waals surface area contributed by atoms with Crippen LogP contribution >= 0.6 is 0 Å². The zero-order chi connectivity index (χ0) is 41.2. The van der Waals surface area contributed by atoms with Crippen molar-refractivity contribution in [3.8, 4) is 34.2 Å². The van der Waals surface area contributed by atoms with Gasteiger partial charge in [0, 0.05) is 44.9 Å². The normalized spacial score (nSPS) is 16.1. The smallest absolute Gasteiger partial charge is 0.162 e. The van der Waals surface area contributed by atoms with E-state index in [1.54, 1.807) is 36.7 Å². The Labute approximate surface area is 273 Å². The van der Waals surface area contributed by atoms with Gasteiger partial charge in [-0.25, -0.2) is 9.97 Å². The van der Waals surface area contributed by atoms with E-state index in [-0.39, 0.29) is 27.5 Å². The van der Waals surface area contributed by atoms with Gasteiger partial charge in [-0.2, -0.15) is 0 Å². The quantitative estimate of drug-likeness (QED) is 0.209. The molecule has 0 fully saturated rings. The summed E-state index contributed by atoms with van der Waals surface area (Å²) < 4.78 is 126. The van der Waals surface area contributed by atoms with Crippen molar-refractivity contribution in [1.82, 2.24) is 24.1 Å². The Morgan fingerprint density at radius 3 is 2.05 bits per heavy atom. The van der Waals surface area contributed by atoms with Gasteiger partial charge in [-0.05, 0) is 30.3 Å². The third kappa shape index (κ3) is 3.69. The van der Waals surface area contributed by atoms with Crippen LogP contribution in [0.15, 0.2) is 152 Å². The molecule has 5 aromatic carbocycles. The van der Waals surface area contributed by atoms with Gasteiger partial charge in [-0.3, -0.25) is 9.55 Å². The maximum atomic E-state index is 9.83. The lowest BCUT2D eigenvalue weighted by atomic mass is 10.1. The summed E-state index contributed by atoms with van der Waals surface area (Å²) >= 11 is 0. The third-order valence-corrected chi connectivity index (χ3v) is 7.50. The second-order valence-electron chi connectivity index (χ2n) is 9.89. The Kier molecular flexibility index (Phi) is 3.19. The van der Waals surface area contributed by atoms with Crippen LogP contribution in [0.2, 0.25) is 0 Å². The third-order valence-electron chi connectivity index (χ3n) is 7.50. The molecule has 206 valence electrons. The molecule has 0 aliphatic heterocycles. The fourth-order valence-electron chi connectivity index (χ4n) is 5.68. The van der Waals surface area contributed by atoms with Gasteiger partial charge in [-0.1, -0.05) is 103 Å². The minimum absolute atomic E-state index is 0.131. The first-order valence-corrected chi connectivity index (χ1v) is 13.6. The van der Waals surface area contributed by atoms with Crippen LogP contribution in [0.3, 0.4) is 0 Å². The van der Waals surface area contributed by atoms with Gasteiger partial charge >= 0.3 is 0 Å². The summed E-state index contributed by atoms with van der Waals surface area (Å²) in [5.74, 6) is -0.895. The van der Waals surface area contributed by atoms with Crippen LogP contribution < -0.4 is 0 Å². The number of fused-ring (bicyclic) bond motifs is 6. The lowest BCUT2D eigenvalue weighted by molar-refractivity contribution is 1.04. The lowest BCUT2D eigenvalue weighted by Gasteiger charge is -2.16. The van der Waals surface area contributed by atoms with Crippen molar-refractivity contribution in [3.05, 3.63) is 152 Å². The number of hydrogen-bond donors (Lipinski definition) is 0. The Hall–Kier alpha value is -6.07. The Balaban J connectivity index is 1.51. The molecule has 44 heavy (non-hydrogen) atoms. The van der Waals surface area contributed by atoms with Gasteiger partial charge < -0.3 is 4.57 Å². The molecule has 0 radical (unpaired) electrons. The summed E-state index contributed by atoms with van der Waals surface area (Å²) in [5.41, 5.74) is 1.08. The van der Waals surface area contributed by atoms with Crippen molar-refractivity contribution in [2.75, 3.05) is 0 Å². The van der Waals surface area contributed by atoms with Gasteiger partial charge in [0.15, 0.2) is 5.82 Å². The van der Waals surface area contributed by atoms with E-state index in [1.165, 1.54) is 0 Å². The van der Waals surface area contributed by atoms with Crippen molar-refractivity contribution in [1.29, 1.82) is 0 Å². The second kappa shape index (κ2) is 9.75. The molecule has 0 aliphatic rings. The lowest BCUT2D eigenvalue weighted by Crippen LogP contribution is -2.04. The van der Waals surface area contributed by atoms with Crippen molar-refractivity contribution in [3.63, 3.8) is 0 Å². The van der Waals surface area contributed by atoms with E-state index < -0.39 is 102 Å². The molecular weight excluding hydrogens is 538 g/mol. The predicted molar refractivity (Wildman–Crippen MR) is 179 cm³/mol. The van der Waals surface area contributed by atoms with Crippen molar-refractivity contribution in [2.24, 2.45) is 0 Å². The van der Waals surface area contributed by atoms with E-state index in [0.29, 0.717) is 16.8 Å². The SMILES string of the molecule is [2H]c1c(-c2ccccc2-n2c3ccccc3c3ccncc32)nc(-c2c([2H])c([2H])c([2H])c([2H])c2[2H])nc1-n1c2c([2H])c([2H])c([2H])c([2H])c2c2c([2H])c([2H])c([2H])c([2H])c21. The molecule has 9 aromatic rings. The molecule has 0 amide bonds. The Bertz CT molecular complexity index is 3140. The molecule has 0 aliphatic carbocycles. The first-order valence-electron chi connectivity index (χ1n) is 20.6. The maximum absolute atomic E-state index is 9.83. The molecule has 0 bridgehead atoms. The summed E-state index contributed by atoms with van der Waals surface area (Å²) in [5, 5.41) is 1.27. The zero-order valence-electron chi connectivity index (χ0n) is 36.6. The van der Waals surface area contributed by atoms with E-state index >= 15 is 0 Å². The monoisotopic (exact) mass is 577 g/mol. The van der Waals surface area contributed by atoms with Crippen LogP contribution in [0.4, 0.5) is 0 Å². The number of benzene rings is 5. The van der Waals surface area contributed by atoms with Gasteiger partial charge in [0.2, 0.25) is 0 Å². The molecule has 5 nitrogen and oxygen atoms in total. The van der Waals surface area contributed by atoms with Crippen LogP contribution in [0.1, 0.15) is 19.2 Å². The van der Waals surface area contributed by atoms with Crippen molar-refractivity contribution in [2.45, 2.75) is 0 Å². The van der Waals surface area contributed by atoms with Crippen LogP contribution in [0.5, 0.6) is 0 Å². The second-order valence-corrected chi connectivity index (χ2v) is 9.89. The number of aromatic nitrogens is 5. The Morgan fingerprint density at radius 2 is 1.23 bits per heavy atom. The van der Waals surface area contributed by atoms with Gasteiger partial charge in [0.25, 0.3) is 0 Å². The van der Waals surface area contributed by atoms with E-state index in [1.807, 2.05) is 34.9 Å². The first kappa shape index (κ1) is 14.4. The molecule has 5 heteroatoms. The maximum Gasteiger partial charge on any atom is 0.162 e. The van der Waals surface area contributed by atoms with Crippen LogP contribution in [0, 0.1) is 0 Å². The molecule has 9 rings (SSSR count). The van der Waals surface area contributed by atoms with E-state index in [2.05, 4.69) is 9.97 Å². The van der Waals surface area contributed by atoms with Gasteiger partial charge in [0.1, 0.15) is 5.82 Å². The molecule has 0 unspecified atom stereocenters. The summed E-state index contributed by atoms with van der Waals surface area (Å²) in [7, 11) is 0. The van der Waals surface area contributed by atoms with Gasteiger partial charge in [-0.15, -0.1) is 0 Å². The minimum Gasteiger partial charge on any atom is -0.307 e. The van der Waals surface area contributed by atoms with E-state index in [0.717, 1.165) is 20.9 Å². The summed E-state index contributed by atoms with van der Waals surface area (Å²) in [6, 6.07) is 7.47. The number of nitrogens with zero attached hydrogens (tertiary/aromatic N) is 5. The highest BCUT2D eigenvalue weighted by Crippen LogP contribution is 2.37. The summed E-state index contributed by atoms with van der Waals surface area (Å²) in [6.45, 7) is 0. The molecule has 4 heterocycles. The highest BCUT2D eigenvalue weighted by molar-refractivity contribution is 6.10. The molecule has 4 aromatic heterocycles. The largest absolute Gasteiger partial charge is 0.307 e. The fourth-order valence-corrected chi connectivity index (χ4v) is 5.68. The number of hydrogen-bond acceptors (Lipinski definition) is 3. The number of pyridine rings is 1. The van der Waals surface area contributed by atoms with E-state index in [9.17, 15) is 1.37 Å². The summed E-state index contributed by atoms with van der Waals surface area (Å²) in [6.07, 6.45) is 3.36. The van der Waals surface area contributed by atoms with Crippen molar-refractivity contribution < 1.29 is 19.2 Å². The van der Waals surface area contributed by atoms with Crippen molar-refractivity contribution >= 4 is 43.6 Å². The van der Waals surface area contributed by atoms with Crippen LogP contribution in [0.25, 0.3) is 77.8 Å². The minimum atomic E-state index is -0.686. The highest BCUT2D eigenvalue weighted by atomic mass is 15.1. The number of para-hydroxylation sites is 4. The standard InChI is InChI=1S/C39H25N5/c1-2-12-26(13-3-1)39-41-32(24-38(42-39)44-34-19-9-5-14-27(34)28-15-6-10-20-35(28)44)31-17-7-11-21-36(31)43-33-18-8-4-16-29(33)30-22-23-40-25-37(30)43/h1-25H/i1D,2D,3D,5D,6D,9D,10D,12D,13D,14D,15D,19D,20D,24D. The zero-order valence-corrected chi connectivity index (χ0v) is 22.6. The molecular formula is C39H25N5. The number of rotatable bonds is 4. The van der Waals surface area contributed by atoms with Crippen LogP contribution in [-0.2, 0) is 0 Å². The van der Waals surface area contributed by atoms with Gasteiger partial charge in [0.05, 0.1) is 58.8 Å². The molecule has 0 saturated carbocycles.